The molecule has 0 aromatic carbocycles. The Labute approximate surface area is 108 Å². The third-order valence-electron chi connectivity index (χ3n) is 2.90. The van der Waals surface area contributed by atoms with Gasteiger partial charge in [-0.25, -0.2) is 0 Å². The normalized spacial score (nSPS) is 18.9. The Hall–Kier alpha value is -1.48. The number of hydrogen-bond donors (Lipinski definition) is 4. The summed E-state index contributed by atoms with van der Waals surface area (Å²) in [5.41, 5.74) is -6.76. The smallest absolute Gasteiger partial charge is 0.240 e. The molecule has 0 aliphatic heterocycles. The van der Waals surface area contributed by atoms with E-state index in [4.69, 9.17) is 5.11 Å². The standard InChI is InChI=1S/C11H16O8/c1-5(13)9(17)11(19,7(3)15)10(18,6(2)14)8(16)4-12/h8,12,16,18-19H,4H2,1-3H3/t8-,10-,11-/m0/s1. The Morgan fingerprint density at radius 2 is 1.42 bits per heavy atom. The van der Waals surface area contributed by atoms with Crippen molar-refractivity contribution in [1.82, 2.24) is 0 Å². The number of carbonyl (C=O) groups is 4. The molecule has 0 bridgehead atoms. The Balaban J connectivity index is 6.25. The Kier molecular flexibility index (Phi) is 5.22. The first-order chi connectivity index (χ1) is 8.47. The summed E-state index contributed by atoms with van der Waals surface area (Å²) in [6.07, 6.45) is -2.32. The van der Waals surface area contributed by atoms with Crippen molar-refractivity contribution in [2.24, 2.45) is 0 Å². The van der Waals surface area contributed by atoms with Crippen molar-refractivity contribution in [1.29, 1.82) is 0 Å². The molecule has 4 N–H and O–H groups in total. The summed E-state index contributed by atoms with van der Waals surface area (Å²) in [4.78, 5) is 45.6. The number of aliphatic hydroxyl groups excluding tert-OH is 2. The molecule has 0 fully saturated rings. The first-order valence-electron chi connectivity index (χ1n) is 5.29. The second-order valence-electron chi connectivity index (χ2n) is 4.17. The number of rotatable bonds is 7. The van der Waals surface area contributed by atoms with Gasteiger partial charge in [0.15, 0.2) is 23.0 Å². The van der Waals surface area contributed by atoms with Crippen LogP contribution >= 0.6 is 0 Å². The Bertz CT molecular complexity index is 428. The minimum atomic E-state index is -3.45. The maximum atomic E-state index is 11.7. The molecule has 3 atom stereocenters. The lowest BCUT2D eigenvalue weighted by Gasteiger charge is -2.40. The molecule has 0 aromatic rings. The first-order valence-corrected chi connectivity index (χ1v) is 5.29. The van der Waals surface area contributed by atoms with Gasteiger partial charge in [-0.05, 0) is 13.8 Å². The zero-order chi connectivity index (χ0) is 15.6. The summed E-state index contributed by atoms with van der Waals surface area (Å²) in [7, 11) is 0. The van der Waals surface area contributed by atoms with Crippen LogP contribution in [0, 0.1) is 0 Å². The van der Waals surface area contributed by atoms with Crippen molar-refractivity contribution < 1.29 is 39.6 Å². The van der Waals surface area contributed by atoms with E-state index in [-0.39, 0.29) is 0 Å². The molecule has 0 radical (unpaired) electrons. The van der Waals surface area contributed by atoms with E-state index in [0.717, 1.165) is 6.92 Å². The molecular weight excluding hydrogens is 260 g/mol. The predicted molar refractivity (Wildman–Crippen MR) is 60.0 cm³/mol. The second kappa shape index (κ2) is 5.66. The first kappa shape index (κ1) is 17.5. The fraction of sp³-hybridized carbons (Fsp3) is 0.636. The number of carbonyl (C=O) groups excluding carboxylic acids is 4. The van der Waals surface area contributed by atoms with Crippen LogP contribution in [0.1, 0.15) is 20.8 Å². The summed E-state index contributed by atoms with van der Waals surface area (Å²) >= 11 is 0. The molecule has 8 nitrogen and oxygen atoms in total. The molecule has 0 amide bonds. The van der Waals surface area contributed by atoms with Gasteiger partial charge >= 0.3 is 0 Å². The van der Waals surface area contributed by atoms with Crippen LogP contribution in [0.5, 0.6) is 0 Å². The summed E-state index contributed by atoms with van der Waals surface area (Å²) in [5, 5.41) is 38.4. The van der Waals surface area contributed by atoms with E-state index >= 15 is 0 Å². The quantitative estimate of drug-likeness (QED) is 0.286. The molecule has 0 rings (SSSR count). The molecule has 8 heteroatoms. The van der Waals surface area contributed by atoms with E-state index in [1.165, 1.54) is 0 Å². The van der Waals surface area contributed by atoms with E-state index in [0.29, 0.717) is 13.8 Å². The van der Waals surface area contributed by atoms with E-state index in [1.807, 2.05) is 0 Å². The highest BCUT2D eigenvalue weighted by Crippen LogP contribution is 2.30. The average Bonchev–Trinajstić information content (AvgIpc) is 2.33. The van der Waals surface area contributed by atoms with Gasteiger partial charge < -0.3 is 20.4 Å². The van der Waals surface area contributed by atoms with Gasteiger partial charge in [0.05, 0.1) is 6.61 Å². The minimum absolute atomic E-state index is 0.666. The van der Waals surface area contributed by atoms with Crippen molar-refractivity contribution in [3.05, 3.63) is 0 Å². The van der Waals surface area contributed by atoms with Crippen molar-refractivity contribution in [2.75, 3.05) is 6.61 Å². The van der Waals surface area contributed by atoms with Crippen LogP contribution < -0.4 is 0 Å². The SMILES string of the molecule is CC(=O)C(=O)[C@@](O)(C(C)=O)[C@](O)(C(C)=O)[C@@H](O)CO. The lowest BCUT2D eigenvalue weighted by molar-refractivity contribution is -0.207. The zero-order valence-corrected chi connectivity index (χ0v) is 10.7. The topological polar surface area (TPSA) is 149 Å². The number of ketones is 4. The molecule has 19 heavy (non-hydrogen) atoms. The lowest BCUT2D eigenvalue weighted by Crippen LogP contribution is -2.73. The zero-order valence-electron chi connectivity index (χ0n) is 10.7. The maximum absolute atomic E-state index is 11.7. The van der Waals surface area contributed by atoms with E-state index in [9.17, 15) is 34.5 Å². The number of aliphatic hydroxyl groups is 4. The second-order valence-corrected chi connectivity index (χ2v) is 4.17. The van der Waals surface area contributed by atoms with Gasteiger partial charge in [-0.1, -0.05) is 0 Å². The van der Waals surface area contributed by atoms with Gasteiger partial charge in [-0.3, -0.25) is 19.2 Å². The van der Waals surface area contributed by atoms with Gasteiger partial charge in [0.25, 0.3) is 0 Å². The summed E-state index contributed by atoms with van der Waals surface area (Å²) < 4.78 is 0. The van der Waals surface area contributed by atoms with Crippen LogP contribution in [0.25, 0.3) is 0 Å². The van der Waals surface area contributed by atoms with Gasteiger partial charge in [0.1, 0.15) is 6.10 Å². The van der Waals surface area contributed by atoms with Crippen LogP contribution in [0.3, 0.4) is 0 Å². The fourth-order valence-electron chi connectivity index (χ4n) is 1.72. The largest absolute Gasteiger partial charge is 0.394 e. The van der Waals surface area contributed by atoms with Gasteiger partial charge in [0.2, 0.25) is 11.4 Å². The van der Waals surface area contributed by atoms with E-state index in [2.05, 4.69) is 0 Å². The molecule has 0 saturated heterocycles. The van der Waals surface area contributed by atoms with E-state index in [1.54, 1.807) is 0 Å². The predicted octanol–water partition coefficient (Wildman–Crippen LogP) is -2.86. The Morgan fingerprint density at radius 3 is 1.63 bits per heavy atom. The monoisotopic (exact) mass is 276 g/mol. The van der Waals surface area contributed by atoms with Gasteiger partial charge in [-0.15, -0.1) is 0 Å². The highest BCUT2D eigenvalue weighted by atomic mass is 16.4. The lowest BCUT2D eigenvalue weighted by atomic mass is 9.70. The third kappa shape index (κ3) is 2.47. The number of Topliss-reactive ketones (excluding diaryl/α,β-unsaturated/α-hetero) is 4. The van der Waals surface area contributed by atoms with Crippen LogP contribution in [0.4, 0.5) is 0 Å². The Morgan fingerprint density at radius 1 is 1.00 bits per heavy atom. The molecular formula is C11H16O8. The van der Waals surface area contributed by atoms with Crippen molar-refractivity contribution in [3.63, 3.8) is 0 Å². The summed E-state index contributed by atoms with van der Waals surface area (Å²) in [6.45, 7) is 0.873. The van der Waals surface area contributed by atoms with Gasteiger partial charge in [0, 0.05) is 6.92 Å². The third-order valence-corrected chi connectivity index (χ3v) is 2.90. The van der Waals surface area contributed by atoms with Crippen molar-refractivity contribution in [2.45, 2.75) is 38.1 Å². The molecule has 0 aliphatic carbocycles. The molecule has 0 aromatic heterocycles. The molecule has 108 valence electrons. The van der Waals surface area contributed by atoms with Crippen LogP contribution in [0.15, 0.2) is 0 Å². The number of hydrogen-bond acceptors (Lipinski definition) is 8. The highest BCUT2D eigenvalue weighted by molar-refractivity contribution is 6.45. The summed E-state index contributed by atoms with van der Waals surface area (Å²) in [5.74, 6) is -5.79. The molecule has 0 heterocycles. The van der Waals surface area contributed by atoms with Crippen molar-refractivity contribution in [3.8, 4) is 0 Å². The molecule has 0 aliphatic rings. The maximum Gasteiger partial charge on any atom is 0.240 e. The van der Waals surface area contributed by atoms with Crippen LogP contribution in [-0.4, -0.2) is 67.5 Å². The van der Waals surface area contributed by atoms with Crippen LogP contribution in [-0.2, 0) is 19.2 Å². The van der Waals surface area contributed by atoms with Gasteiger partial charge in [-0.2, -0.15) is 0 Å². The van der Waals surface area contributed by atoms with Crippen molar-refractivity contribution >= 4 is 23.1 Å². The summed E-state index contributed by atoms with van der Waals surface area (Å²) in [6, 6.07) is 0. The molecule has 0 saturated carbocycles. The van der Waals surface area contributed by atoms with E-state index < -0.39 is 47.0 Å². The minimum Gasteiger partial charge on any atom is -0.394 e. The van der Waals surface area contributed by atoms with Crippen LogP contribution in [0.2, 0.25) is 0 Å². The fourth-order valence-corrected chi connectivity index (χ4v) is 1.72. The molecule has 0 unspecified atom stereocenters. The average molecular weight is 276 g/mol. The highest BCUT2D eigenvalue weighted by Gasteiger charge is 2.65. The molecule has 0 spiro atoms.